The standard InChI is InChI=1S/C13H15ClN2/c1-3-4-11-9-13(14)16(15-11)12-7-5-10(2)6-8-12/h5-9H,3-4H2,1-2H3. The average Bonchev–Trinajstić information content (AvgIpc) is 2.61. The van der Waals surface area contributed by atoms with Crippen molar-refractivity contribution in [3.8, 4) is 5.69 Å². The summed E-state index contributed by atoms with van der Waals surface area (Å²) in [6, 6.07) is 10.1. The van der Waals surface area contributed by atoms with E-state index in [0.717, 1.165) is 24.2 Å². The number of hydrogen-bond donors (Lipinski definition) is 0. The summed E-state index contributed by atoms with van der Waals surface area (Å²) in [5.74, 6) is 0. The Kier molecular flexibility index (Phi) is 3.30. The van der Waals surface area contributed by atoms with Gasteiger partial charge in [-0.15, -0.1) is 0 Å². The molecule has 1 aromatic carbocycles. The molecule has 2 aromatic rings. The molecule has 0 spiro atoms. The molecule has 0 unspecified atom stereocenters. The fourth-order valence-electron chi connectivity index (χ4n) is 1.65. The predicted octanol–water partition coefficient (Wildman–Crippen LogP) is 3.79. The highest BCUT2D eigenvalue weighted by Crippen LogP contribution is 2.18. The van der Waals surface area contributed by atoms with Crippen LogP contribution in [0.1, 0.15) is 24.6 Å². The van der Waals surface area contributed by atoms with Crippen molar-refractivity contribution in [3.63, 3.8) is 0 Å². The summed E-state index contributed by atoms with van der Waals surface area (Å²) in [5, 5.41) is 5.16. The zero-order chi connectivity index (χ0) is 11.5. The summed E-state index contributed by atoms with van der Waals surface area (Å²) < 4.78 is 1.78. The fourth-order valence-corrected chi connectivity index (χ4v) is 1.91. The highest BCUT2D eigenvalue weighted by molar-refractivity contribution is 6.29. The first-order chi connectivity index (χ1) is 7.70. The highest BCUT2D eigenvalue weighted by atomic mass is 35.5. The Bertz CT molecular complexity index is 471. The number of hydrogen-bond acceptors (Lipinski definition) is 1. The first-order valence-corrected chi connectivity index (χ1v) is 5.90. The third kappa shape index (κ3) is 2.27. The molecule has 84 valence electrons. The van der Waals surface area contributed by atoms with E-state index in [1.54, 1.807) is 4.68 Å². The quantitative estimate of drug-likeness (QED) is 0.790. The first kappa shape index (κ1) is 11.2. The van der Waals surface area contributed by atoms with Crippen molar-refractivity contribution in [2.75, 3.05) is 0 Å². The lowest BCUT2D eigenvalue weighted by atomic mass is 10.2. The van der Waals surface area contributed by atoms with Gasteiger partial charge in [-0.1, -0.05) is 42.6 Å². The molecule has 0 atom stereocenters. The minimum Gasteiger partial charge on any atom is -0.222 e. The molecule has 1 heterocycles. The van der Waals surface area contributed by atoms with Gasteiger partial charge in [0.05, 0.1) is 11.4 Å². The molecule has 0 saturated carbocycles. The van der Waals surface area contributed by atoms with E-state index in [1.165, 1.54) is 5.56 Å². The Morgan fingerprint density at radius 2 is 1.94 bits per heavy atom. The number of aromatic nitrogens is 2. The van der Waals surface area contributed by atoms with Crippen molar-refractivity contribution in [2.24, 2.45) is 0 Å². The van der Waals surface area contributed by atoms with Crippen LogP contribution in [0.25, 0.3) is 5.69 Å². The lowest BCUT2D eigenvalue weighted by Gasteiger charge is -2.02. The molecule has 3 heteroatoms. The summed E-state index contributed by atoms with van der Waals surface area (Å²) >= 11 is 6.16. The summed E-state index contributed by atoms with van der Waals surface area (Å²) in [6.45, 7) is 4.20. The van der Waals surface area contributed by atoms with Crippen LogP contribution in [-0.2, 0) is 6.42 Å². The molecule has 0 bridgehead atoms. The van der Waals surface area contributed by atoms with Crippen LogP contribution in [0.4, 0.5) is 0 Å². The van der Waals surface area contributed by atoms with E-state index >= 15 is 0 Å². The van der Waals surface area contributed by atoms with E-state index in [0.29, 0.717) is 5.15 Å². The van der Waals surface area contributed by atoms with Crippen LogP contribution in [0.3, 0.4) is 0 Å². The van der Waals surface area contributed by atoms with Crippen molar-refractivity contribution in [2.45, 2.75) is 26.7 Å². The molecule has 1 aromatic heterocycles. The van der Waals surface area contributed by atoms with Gasteiger partial charge in [0.1, 0.15) is 5.15 Å². The van der Waals surface area contributed by atoms with Crippen LogP contribution in [0, 0.1) is 6.92 Å². The maximum absolute atomic E-state index is 6.16. The van der Waals surface area contributed by atoms with Gasteiger partial charge in [0.15, 0.2) is 0 Å². The molecule has 0 aliphatic carbocycles. The molecular formula is C13H15ClN2. The minimum atomic E-state index is 0.673. The molecular weight excluding hydrogens is 220 g/mol. The molecule has 2 rings (SSSR count). The van der Waals surface area contributed by atoms with Crippen LogP contribution in [0.2, 0.25) is 5.15 Å². The average molecular weight is 235 g/mol. The van der Waals surface area contributed by atoms with Crippen molar-refractivity contribution in [1.29, 1.82) is 0 Å². The van der Waals surface area contributed by atoms with E-state index in [2.05, 4.69) is 31.1 Å². The Morgan fingerprint density at radius 3 is 2.56 bits per heavy atom. The van der Waals surface area contributed by atoms with Gasteiger partial charge in [0.2, 0.25) is 0 Å². The number of rotatable bonds is 3. The molecule has 0 fully saturated rings. The van der Waals surface area contributed by atoms with Crippen molar-refractivity contribution >= 4 is 11.6 Å². The van der Waals surface area contributed by atoms with Crippen molar-refractivity contribution in [3.05, 3.63) is 46.7 Å². The molecule has 0 aliphatic rings. The van der Waals surface area contributed by atoms with E-state index < -0.39 is 0 Å². The third-order valence-corrected chi connectivity index (χ3v) is 2.77. The second-order valence-corrected chi connectivity index (χ2v) is 4.34. The zero-order valence-corrected chi connectivity index (χ0v) is 10.3. The van der Waals surface area contributed by atoms with Crippen molar-refractivity contribution in [1.82, 2.24) is 9.78 Å². The molecule has 0 amide bonds. The topological polar surface area (TPSA) is 17.8 Å². The fraction of sp³-hybridized carbons (Fsp3) is 0.308. The smallest absolute Gasteiger partial charge is 0.133 e. The van der Waals surface area contributed by atoms with Gasteiger partial charge < -0.3 is 0 Å². The van der Waals surface area contributed by atoms with Crippen LogP contribution in [-0.4, -0.2) is 9.78 Å². The summed E-state index contributed by atoms with van der Waals surface area (Å²) in [5.41, 5.74) is 3.30. The Morgan fingerprint density at radius 1 is 1.25 bits per heavy atom. The predicted molar refractivity (Wildman–Crippen MR) is 67.3 cm³/mol. The maximum Gasteiger partial charge on any atom is 0.133 e. The lowest BCUT2D eigenvalue weighted by molar-refractivity contribution is 0.807. The Balaban J connectivity index is 2.36. The van der Waals surface area contributed by atoms with Crippen LogP contribution in [0.15, 0.2) is 30.3 Å². The second kappa shape index (κ2) is 4.71. The van der Waals surface area contributed by atoms with E-state index in [9.17, 15) is 0 Å². The van der Waals surface area contributed by atoms with Gasteiger partial charge in [0, 0.05) is 0 Å². The monoisotopic (exact) mass is 234 g/mol. The van der Waals surface area contributed by atoms with Crippen molar-refractivity contribution < 1.29 is 0 Å². The maximum atomic E-state index is 6.16. The molecule has 16 heavy (non-hydrogen) atoms. The molecule has 0 saturated heterocycles. The SMILES string of the molecule is CCCc1cc(Cl)n(-c2ccc(C)cc2)n1. The zero-order valence-electron chi connectivity index (χ0n) is 9.57. The number of halogens is 1. The van der Waals surface area contributed by atoms with Gasteiger partial charge in [-0.3, -0.25) is 0 Å². The van der Waals surface area contributed by atoms with E-state index in [-0.39, 0.29) is 0 Å². The molecule has 2 nitrogen and oxygen atoms in total. The van der Waals surface area contributed by atoms with Gasteiger partial charge in [-0.2, -0.15) is 5.10 Å². The molecule has 0 radical (unpaired) electrons. The summed E-state index contributed by atoms with van der Waals surface area (Å²) in [6.07, 6.45) is 2.06. The summed E-state index contributed by atoms with van der Waals surface area (Å²) in [4.78, 5) is 0. The number of aryl methyl sites for hydroxylation is 2. The normalized spacial score (nSPS) is 10.7. The summed E-state index contributed by atoms with van der Waals surface area (Å²) in [7, 11) is 0. The second-order valence-electron chi connectivity index (χ2n) is 3.96. The van der Waals surface area contributed by atoms with E-state index in [4.69, 9.17) is 11.6 Å². The van der Waals surface area contributed by atoms with Gasteiger partial charge in [-0.25, -0.2) is 4.68 Å². The van der Waals surface area contributed by atoms with Gasteiger partial charge in [0.25, 0.3) is 0 Å². The first-order valence-electron chi connectivity index (χ1n) is 5.52. The largest absolute Gasteiger partial charge is 0.222 e. The number of nitrogens with zero attached hydrogens (tertiary/aromatic N) is 2. The van der Waals surface area contributed by atoms with E-state index in [1.807, 2.05) is 18.2 Å². The minimum absolute atomic E-state index is 0.673. The van der Waals surface area contributed by atoms with Crippen LogP contribution < -0.4 is 0 Å². The van der Waals surface area contributed by atoms with Crippen LogP contribution in [0.5, 0.6) is 0 Å². The van der Waals surface area contributed by atoms with Crippen LogP contribution >= 0.6 is 11.6 Å². The Hall–Kier alpha value is -1.28. The number of benzene rings is 1. The van der Waals surface area contributed by atoms with Gasteiger partial charge in [-0.05, 0) is 31.5 Å². The highest BCUT2D eigenvalue weighted by Gasteiger charge is 2.06. The molecule has 0 N–H and O–H groups in total. The van der Waals surface area contributed by atoms with Gasteiger partial charge >= 0.3 is 0 Å². The third-order valence-electron chi connectivity index (χ3n) is 2.50. The molecule has 0 aliphatic heterocycles. The Labute approximate surface area is 101 Å². The lowest BCUT2D eigenvalue weighted by Crippen LogP contribution is -1.97.